The summed E-state index contributed by atoms with van der Waals surface area (Å²) < 4.78 is 14.8. The Labute approximate surface area is 147 Å². The number of carbonyl (C=O) groups is 3. The van der Waals surface area contributed by atoms with Gasteiger partial charge in [0.15, 0.2) is 0 Å². The van der Waals surface area contributed by atoms with Gasteiger partial charge in [0, 0.05) is 0 Å². The molecule has 1 aromatic carbocycles. The highest BCUT2D eigenvalue weighted by atomic mass is 16.6. The minimum Gasteiger partial charge on any atom is -0.469 e. The summed E-state index contributed by atoms with van der Waals surface area (Å²) in [7, 11) is 1.24. The molecule has 8 heteroatoms. The standard InChI is InChI=1S/C17H24N2O6/c1-17(2,3)25-16(22)19(11-10-14(20)23-4)18-15(21)24-12-13-8-6-5-7-9-13/h5-9H,10-12H2,1-4H3,(H,18,21). The van der Waals surface area contributed by atoms with Gasteiger partial charge in [-0.1, -0.05) is 30.3 Å². The molecule has 25 heavy (non-hydrogen) atoms. The first-order valence-corrected chi connectivity index (χ1v) is 7.76. The summed E-state index contributed by atoms with van der Waals surface area (Å²) in [5.74, 6) is -0.520. The molecular weight excluding hydrogens is 328 g/mol. The second-order valence-electron chi connectivity index (χ2n) is 6.13. The van der Waals surface area contributed by atoms with E-state index in [9.17, 15) is 14.4 Å². The first-order chi connectivity index (χ1) is 11.7. The number of hydrogen-bond donors (Lipinski definition) is 1. The third-order valence-corrected chi connectivity index (χ3v) is 2.82. The van der Waals surface area contributed by atoms with Gasteiger partial charge in [-0.15, -0.1) is 0 Å². The molecule has 0 saturated heterocycles. The van der Waals surface area contributed by atoms with Crippen LogP contribution in [0.25, 0.3) is 0 Å². The Morgan fingerprint density at radius 1 is 1.12 bits per heavy atom. The molecule has 0 radical (unpaired) electrons. The van der Waals surface area contributed by atoms with Crippen LogP contribution >= 0.6 is 0 Å². The maximum atomic E-state index is 12.2. The van der Waals surface area contributed by atoms with Gasteiger partial charge in [0.05, 0.1) is 20.1 Å². The molecule has 0 aliphatic heterocycles. The molecule has 0 bridgehead atoms. The topological polar surface area (TPSA) is 94.2 Å². The summed E-state index contributed by atoms with van der Waals surface area (Å²) in [6.07, 6.45) is -1.73. The highest BCUT2D eigenvalue weighted by Crippen LogP contribution is 2.09. The van der Waals surface area contributed by atoms with Crippen LogP contribution in [0.15, 0.2) is 30.3 Å². The van der Waals surface area contributed by atoms with Crippen molar-refractivity contribution in [3.63, 3.8) is 0 Å². The van der Waals surface area contributed by atoms with E-state index in [1.807, 2.05) is 18.2 Å². The molecule has 0 aliphatic rings. The lowest BCUT2D eigenvalue weighted by molar-refractivity contribution is -0.141. The number of nitrogens with zero attached hydrogens (tertiary/aromatic N) is 1. The molecule has 1 rings (SSSR count). The van der Waals surface area contributed by atoms with E-state index < -0.39 is 23.8 Å². The first-order valence-electron chi connectivity index (χ1n) is 7.76. The van der Waals surface area contributed by atoms with Crippen molar-refractivity contribution in [2.75, 3.05) is 13.7 Å². The van der Waals surface area contributed by atoms with Gasteiger partial charge < -0.3 is 14.2 Å². The van der Waals surface area contributed by atoms with Crippen molar-refractivity contribution < 1.29 is 28.6 Å². The predicted molar refractivity (Wildman–Crippen MR) is 89.3 cm³/mol. The Hall–Kier alpha value is -2.77. The summed E-state index contributed by atoms with van der Waals surface area (Å²) in [5, 5.41) is 0.884. The monoisotopic (exact) mass is 352 g/mol. The fourth-order valence-electron chi connectivity index (χ4n) is 1.68. The predicted octanol–water partition coefficient (Wildman–Crippen LogP) is 2.63. The number of hydrazine groups is 1. The number of carbonyl (C=O) groups excluding carboxylic acids is 3. The fraction of sp³-hybridized carbons (Fsp3) is 0.471. The maximum Gasteiger partial charge on any atom is 0.429 e. The number of ether oxygens (including phenoxy) is 3. The van der Waals surface area contributed by atoms with E-state index in [2.05, 4.69) is 10.2 Å². The summed E-state index contributed by atoms with van der Waals surface area (Å²) >= 11 is 0. The molecule has 1 N–H and O–H groups in total. The Morgan fingerprint density at radius 2 is 1.76 bits per heavy atom. The van der Waals surface area contributed by atoms with Crippen LogP contribution in [0.4, 0.5) is 9.59 Å². The molecule has 0 fully saturated rings. The molecule has 138 valence electrons. The van der Waals surface area contributed by atoms with E-state index in [0.29, 0.717) is 0 Å². The number of rotatable bonds is 5. The van der Waals surface area contributed by atoms with Crippen LogP contribution in [0.3, 0.4) is 0 Å². The second-order valence-corrected chi connectivity index (χ2v) is 6.13. The number of esters is 1. The molecule has 1 aromatic rings. The lowest BCUT2D eigenvalue weighted by Gasteiger charge is -2.27. The van der Waals surface area contributed by atoms with Crippen molar-refractivity contribution in [1.82, 2.24) is 10.4 Å². The van der Waals surface area contributed by atoms with Gasteiger partial charge in [0.2, 0.25) is 0 Å². The first kappa shape index (κ1) is 20.3. The number of benzene rings is 1. The molecule has 0 spiro atoms. The van der Waals surface area contributed by atoms with E-state index in [-0.39, 0.29) is 19.6 Å². The highest BCUT2D eigenvalue weighted by molar-refractivity contribution is 5.75. The second kappa shape index (κ2) is 9.51. The van der Waals surface area contributed by atoms with Crippen molar-refractivity contribution in [3.05, 3.63) is 35.9 Å². The molecule has 8 nitrogen and oxygen atoms in total. The highest BCUT2D eigenvalue weighted by Gasteiger charge is 2.24. The maximum absolute atomic E-state index is 12.2. The lowest BCUT2D eigenvalue weighted by Crippen LogP contribution is -2.49. The van der Waals surface area contributed by atoms with E-state index in [1.54, 1.807) is 32.9 Å². The van der Waals surface area contributed by atoms with E-state index in [1.165, 1.54) is 7.11 Å². The number of amides is 2. The van der Waals surface area contributed by atoms with E-state index in [4.69, 9.17) is 9.47 Å². The molecule has 0 unspecified atom stereocenters. The van der Waals surface area contributed by atoms with Crippen molar-refractivity contribution in [2.24, 2.45) is 0 Å². The third-order valence-electron chi connectivity index (χ3n) is 2.82. The quantitative estimate of drug-likeness (QED) is 0.497. The van der Waals surface area contributed by atoms with Gasteiger partial charge in [-0.2, -0.15) is 0 Å². The third kappa shape index (κ3) is 8.59. The van der Waals surface area contributed by atoms with Crippen LogP contribution in [0.2, 0.25) is 0 Å². The van der Waals surface area contributed by atoms with Gasteiger partial charge >= 0.3 is 18.2 Å². The smallest absolute Gasteiger partial charge is 0.429 e. The molecule has 2 amide bonds. The van der Waals surface area contributed by atoms with Crippen molar-refractivity contribution in [2.45, 2.75) is 39.4 Å². The van der Waals surface area contributed by atoms with Crippen LogP contribution in [-0.4, -0.2) is 42.4 Å². The average molecular weight is 352 g/mol. The SMILES string of the molecule is COC(=O)CCN(NC(=O)OCc1ccccc1)C(=O)OC(C)(C)C. The Kier molecular flexibility index (Phi) is 7.71. The van der Waals surface area contributed by atoms with Crippen LogP contribution in [0.5, 0.6) is 0 Å². The average Bonchev–Trinajstić information content (AvgIpc) is 2.55. The molecule has 0 saturated carbocycles. The Morgan fingerprint density at radius 3 is 2.32 bits per heavy atom. The summed E-state index contributed by atoms with van der Waals surface area (Å²) in [6.45, 7) is 5.01. The normalized spacial score (nSPS) is 10.6. The van der Waals surface area contributed by atoms with E-state index >= 15 is 0 Å². The molecule has 0 heterocycles. The Bertz CT molecular complexity index is 583. The van der Waals surface area contributed by atoms with Crippen molar-refractivity contribution >= 4 is 18.2 Å². The van der Waals surface area contributed by atoms with Crippen LogP contribution < -0.4 is 5.43 Å². The zero-order chi connectivity index (χ0) is 18.9. The fourth-order valence-corrected chi connectivity index (χ4v) is 1.68. The largest absolute Gasteiger partial charge is 0.469 e. The van der Waals surface area contributed by atoms with Crippen LogP contribution in [0.1, 0.15) is 32.8 Å². The van der Waals surface area contributed by atoms with Gasteiger partial charge in [-0.05, 0) is 26.3 Å². The molecule has 0 aromatic heterocycles. The summed E-state index contributed by atoms with van der Waals surface area (Å²) in [4.78, 5) is 35.3. The van der Waals surface area contributed by atoms with Gasteiger partial charge in [0.25, 0.3) is 0 Å². The minimum absolute atomic E-state index is 0.0475. The van der Waals surface area contributed by atoms with Crippen LogP contribution in [0, 0.1) is 0 Å². The van der Waals surface area contributed by atoms with Gasteiger partial charge in [-0.25, -0.2) is 20.0 Å². The number of methoxy groups -OCH3 is 1. The lowest BCUT2D eigenvalue weighted by atomic mass is 10.2. The summed E-state index contributed by atoms with van der Waals surface area (Å²) in [6, 6.07) is 9.09. The number of hydrogen-bond acceptors (Lipinski definition) is 6. The summed E-state index contributed by atoms with van der Waals surface area (Å²) in [5.41, 5.74) is 2.33. The Balaban J connectivity index is 2.62. The van der Waals surface area contributed by atoms with Gasteiger partial charge in [-0.3, -0.25) is 4.79 Å². The number of nitrogens with one attached hydrogen (secondary N) is 1. The van der Waals surface area contributed by atoms with Crippen LogP contribution in [-0.2, 0) is 25.6 Å². The van der Waals surface area contributed by atoms with E-state index in [0.717, 1.165) is 10.6 Å². The van der Waals surface area contributed by atoms with Gasteiger partial charge in [0.1, 0.15) is 12.2 Å². The molecular formula is C17H24N2O6. The zero-order valence-corrected chi connectivity index (χ0v) is 14.9. The van der Waals surface area contributed by atoms with Crippen molar-refractivity contribution in [3.8, 4) is 0 Å². The molecule has 0 aliphatic carbocycles. The zero-order valence-electron chi connectivity index (χ0n) is 14.9. The minimum atomic E-state index is -0.834. The van der Waals surface area contributed by atoms with Crippen molar-refractivity contribution in [1.29, 1.82) is 0 Å². The molecule has 0 atom stereocenters.